The Hall–Kier alpha value is -1.86. The molecule has 0 bridgehead atoms. The first kappa shape index (κ1) is 19.5. The number of nitrogens with zero attached hydrogens (tertiary/aromatic N) is 2. The highest BCUT2D eigenvalue weighted by atomic mass is 79.9. The third-order valence-electron chi connectivity index (χ3n) is 3.81. The van der Waals surface area contributed by atoms with Gasteiger partial charge < -0.3 is 10.1 Å². The number of aromatic nitrogens is 2. The maximum Gasteiger partial charge on any atom is 0.306 e. The van der Waals surface area contributed by atoms with E-state index >= 15 is 0 Å². The van der Waals surface area contributed by atoms with Crippen molar-refractivity contribution in [3.8, 4) is 0 Å². The van der Waals surface area contributed by atoms with Crippen LogP contribution in [0.2, 0.25) is 5.02 Å². The van der Waals surface area contributed by atoms with Gasteiger partial charge in [0.05, 0.1) is 16.4 Å². The highest BCUT2D eigenvalue weighted by molar-refractivity contribution is 9.10. The van der Waals surface area contributed by atoms with Crippen LogP contribution >= 0.6 is 27.5 Å². The van der Waals surface area contributed by atoms with Gasteiger partial charge in [0.1, 0.15) is 0 Å². The number of hydrogen-bond donors (Lipinski definition) is 1. The summed E-state index contributed by atoms with van der Waals surface area (Å²) < 4.78 is 7.61. The summed E-state index contributed by atoms with van der Waals surface area (Å²) in [6, 6.07) is 5.09. The van der Waals surface area contributed by atoms with Crippen LogP contribution in [0.3, 0.4) is 0 Å². The number of anilines is 1. The molecule has 1 amide bonds. The molecule has 1 aromatic heterocycles. The smallest absolute Gasteiger partial charge is 0.306 e. The van der Waals surface area contributed by atoms with Crippen molar-refractivity contribution in [2.45, 2.75) is 26.7 Å². The number of amides is 1. The van der Waals surface area contributed by atoms with E-state index in [1.165, 1.54) is 0 Å². The molecule has 2 aromatic rings. The van der Waals surface area contributed by atoms with Crippen molar-refractivity contribution in [3.05, 3.63) is 44.6 Å². The Labute approximate surface area is 159 Å². The zero-order valence-corrected chi connectivity index (χ0v) is 16.6. The number of benzene rings is 1. The van der Waals surface area contributed by atoms with Crippen LogP contribution in [0, 0.1) is 13.8 Å². The molecular weight excluding hydrogens is 410 g/mol. The van der Waals surface area contributed by atoms with E-state index in [4.69, 9.17) is 16.3 Å². The summed E-state index contributed by atoms with van der Waals surface area (Å²) in [5, 5.41) is 7.31. The molecular formula is C17H19BrClN3O3. The summed E-state index contributed by atoms with van der Waals surface area (Å²) in [6.07, 6.45) is 0.726. The van der Waals surface area contributed by atoms with Gasteiger partial charge in [0.25, 0.3) is 5.91 Å². The van der Waals surface area contributed by atoms with Crippen molar-refractivity contribution in [1.82, 2.24) is 9.78 Å². The minimum absolute atomic E-state index is 0.194. The normalized spacial score (nSPS) is 10.6. The maximum atomic E-state index is 11.9. The third kappa shape index (κ3) is 5.31. The number of carbonyl (C=O) groups excluding carboxylic acids is 2. The number of aryl methyl sites for hydroxylation is 2. The van der Waals surface area contributed by atoms with E-state index in [0.29, 0.717) is 17.1 Å². The van der Waals surface area contributed by atoms with Crippen LogP contribution in [-0.4, -0.2) is 28.3 Å². The second-order valence-corrected chi connectivity index (χ2v) is 6.93. The van der Waals surface area contributed by atoms with Crippen LogP contribution in [0.15, 0.2) is 22.7 Å². The molecule has 0 atom stereocenters. The van der Waals surface area contributed by atoms with Crippen molar-refractivity contribution in [3.63, 3.8) is 0 Å². The molecule has 25 heavy (non-hydrogen) atoms. The lowest BCUT2D eigenvalue weighted by Crippen LogP contribution is -2.21. The van der Waals surface area contributed by atoms with Gasteiger partial charge in [-0.3, -0.25) is 14.3 Å². The van der Waals surface area contributed by atoms with Crippen molar-refractivity contribution in [2.75, 3.05) is 11.9 Å². The fourth-order valence-corrected chi connectivity index (χ4v) is 3.12. The van der Waals surface area contributed by atoms with Crippen LogP contribution in [0.25, 0.3) is 0 Å². The summed E-state index contributed by atoms with van der Waals surface area (Å²) in [7, 11) is 1.86. The first-order chi connectivity index (χ1) is 11.8. The molecule has 0 spiro atoms. The number of esters is 1. The zero-order valence-electron chi connectivity index (χ0n) is 14.2. The lowest BCUT2D eigenvalue weighted by atomic mass is 10.1. The highest BCUT2D eigenvalue weighted by Gasteiger charge is 2.13. The Balaban J connectivity index is 1.80. The Morgan fingerprint density at radius 2 is 2.08 bits per heavy atom. The Kier molecular flexibility index (Phi) is 6.61. The predicted octanol–water partition coefficient (Wildman–Crippen LogP) is 3.57. The summed E-state index contributed by atoms with van der Waals surface area (Å²) in [6.45, 7) is 3.51. The van der Waals surface area contributed by atoms with Gasteiger partial charge in [-0.15, -0.1) is 0 Å². The minimum atomic E-state index is -0.439. The van der Waals surface area contributed by atoms with Crippen molar-refractivity contribution >= 4 is 45.1 Å². The Morgan fingerprint density at radius 1 is 1.36 bits per heavy atom. The van der Waals surface area contributed by atoms with Gasteiger partial charge in [0.2, 0.25) is 0 Å². The summed E-state index contributed by atoms with van der Waals surface area (Å²) in [5.41, 5.74) is 3.42. The number of rotatable bonds is 6. The fourth-order valence-electron chi connectivity index (χ4n) is 2.40. The average molecular weight is 429 g/mol. The largest absolute Gasteiger partial charge is 0.456 e. The van der Waals surface area contributed by atoms with E-state index in [1.54, 1.807) is 22.9 Å². The molecule has 8 heteroatoms. The topological polar surface area (TPSA) is 73.2 Å². The monoisotopic (exact) mass is 427 g/mol. The first-order valence-electron chi connectivity index (χ1n) is 7.67. The van der Waals surface area contributed by atoms with Crippen molar-refractivity contribution < 1.29 is 14.3 Å². The quantitative estimate of drug-likeness (QED) is 0.714. The molecule has 0 unspecified atom stereocenters. The van der Waals surface area contributed by atoms with Gasteiger partial charge in [-0.05, 0) is 44.0 Å². The molecule has 0 saturated heterocycles. The second kappa shape index (κ2) is 8.49. The molecule has 134 valence electrons. The molecule has 0 aliphatic heterocycles. The van der Waals surface area contributed by atoms with Crippen LogP contribution in [0.5, 0.6) is 0 Å². The number of carbonyl (C=O) groups is 2. The molecule has 0 saturated carbocycles. The van der Waals surface area contributed by atoms with Crippen LogP contribution in [0.1, 0.15) is 23.4 Å². The average Bonchev–Trinajstić information content (AvgIpc) is 2.79. The van der Waals surface area contributed by atoms with Gasteiger partial charge in [-0.25, -0.2) is 0 Å². The standard InChI is InChI=1S/C17H19BrClN3O3/c1-10-13(11(2)22(3)21-10)5-7-17(24)25-9-16(23)20-15-6-4-12(18)8-14(15)19/h4,6,8H,5,7,9H2,1-3H3,(H,20,23). The maximum absolute atomic E-state index is 11.9. The summed E-state index contributed by atoms with van der Waals surface area (Å²) >= 11 is 9.31. The van der Waals surface area contributed by atoms with Gasteiger partial charge in [-0.1, -0.05) is 27.5 Å². The molecule has 0 aliphatic carbocycles. The fraction of sp³-hybridized carbons (Fsp3) is 0.353. The number of halogens is 2. The van der Waals surface area contributed by atoms with Gasteiger partial charge >= 0.3 is 5.97 Å². The highest BCUT2D eigenvalue weighted by Crippen LogP contribution is 2.25. The SMILES string of the molecule is Cc1nn(C)c(C)c1CCC(=O)OCC(=O)Nc1ccc(Br)cc1Cl. The van der Waals surface area contributed by atoms with Gasteiger partial charge in [0, 0.05) is 23.6 Å². The van der Waals surface area contributed by atoms with E-state index < -0.39 is 11.9 Å². The molecule has 0 radical (unpaired) electrons. The summed E-state index contributed by atoms with van der Waals surface area (Å²) in [5.74, 6) is -0.869. The second-order valence-electron chi connectivity index (χ2n) is 5.61. The molecule has 1 heterocycles. The third-order valence-corrected chi connectivity index (χ3v) is 4.61. The van der Waals surface area contributed by atoms with E-state index in [1.807, 2.05) is 20.9 Å². The number of hydrogen-bond acceptors (Lipinski definition) is 4. The first-order valence-corrected chi connectivity index (χ1v) is 8.84. The molecule has 1 N–H and O–H groups in total. The van der Waals surface area contributed by atoms with Gasteiger partial charge in [-0.2, -0.15) is 5.10 Å². The molecule has 2 rings (SSSR count). The van der Waals surface area contributed by atoms with Gasteiger partial charge in [0.15, 0.2) is 6.61 Å². The van der Waals surface area contributed by atoms with E-state index in [-0.39, 0.29) is 13.0 Å². The van der Waals surface area contributed by atoms with Crippen molar-refractivity contribution in [2.24, 2.45) is 7.05 Å². The van der Waals surface area contributed by atoms with E-state index in [9.17, 15) is 9.59 Å². The van der Waals surface area contributed by atoms with Crippen molar-refractivity contribution in [1.29, 1.82) is 0 Å². The Bertz CT molecular complexity index is 805. The minimum Gasteiger partial charge on any atom is -0.456 e. The summed E-state index contributed by atoms with van der Waals surface area (Å²) in [4.78, 5) is 23.7. The molecule has 0 fully saturated rings. The lowest BCUT2D eigenvalue weighted by Gasteiger charge is -2.08. The van der Waals surface area contributed by atoms with Crippen LogP contribution < -0.4 is 5.32 Å². The van der Waals surface area contributed by atoms with Crippen LogP contribution in [-0.2, 0) is 27.8 Å². The van der Waals surface area contributed by atoms with E-state index in [2.05, 4.69) is 26.3 Å². The lowest BCUT2D eigenvalue weighted by molar-refractivity contribution is -0.147. The predicted molar refractivity (Wildman–Crippen MR) is 99.7 cm³/mol. The Morgan fingerprint density at radius 3 is 2.68 bits per heavy atom. The zero-order chi connectivity index (χ0) is 18.6. The number of ether oxygens (including phenoxy) is 1. The molecule has 1 aromatic carbocycles. The molecule has 0 aliphatic rings. The number of nitrogens with one attached hydrogen (secondary N) is 1. The van der Waals surface area contributed by atoms with Crippen LogP contribution in [0.4, 0.5) is 5.69 Å². The molecule has 6 nitrogen and oxygen atoms in total. The van der Waals surface area contributed by atoms with E-state index in [0.717, 1.165) is 21.4 Å².